The second-order valence-electron chi connectivity index (χ2n) is 3.83. The highest BCUT2D eigenvalue weighted by atomic mass is 15.2. The Morgan fingerprint density at radius 1 is 1.33 bits per heavy atom. The molecule has 1 aliphatic carbocycles. The first kappa shape index (κ1) is 8.40. The van der Waals surface area contributed by atoms with Crippen LogP contribution in [0.2, 0.25) is 0 Å². The third-order valence-corrected chi connectivity index (χ3v) is 2.48. The second-order valence-corrected chi connectivity index (χ2v) is 3.83. The van der Waals surface area contributed by atoms with Crippen LogP contribution in [0.5, 0.6) is 0 Å². The van der Waals surface area contributed by atoms with Crippen LogP contribution in [-0.4, -0.2) is 20.2 Å². The molecule has 2 heterocycles. The van der Waals surface area contributed by atoms with Crippen molar-refractivity contribution in [3.05, 3.63) is 24.3 Å². The molecule has 1 aliphatic rings. The van der Waals surface area contributed by atoms with E-state index in [4.69, 9.17) is 5.73 Å². The molecule has 2 aromatic heterocycles. The van der Waals surface area contributed by atoms with Crippen molar-refractivity contribution in [2.75, 3.05) is 5.73 Å². The van der Waals surface area contributed by atoms with Gasteiger partial charge in [-0.15, -0.1) is 0 Å². The lowest BCUT2D eigenvalue weighted by Crippen LogP contribution is -1.89. The van der Waals surface area contributed by atoms with Crippen molar-refractivity contribution in [1.29, 1.82) is 0 Å². The highest BCUT2D eigenvalue weighted by molar-refractivity contribution is 5.58. The fourth-order valence-corrected chi connectivity index (χ4v) is 1.52. The van der Waals surface area contributed by atoms with E-state index in [0.29, 0.717) is 17.4 Å². The number of nitrogens with one attached hydrogen (secondary N) is 1. The number of hydrogen-bond acceptors (Lipinski definition) is 4. The molecule has 15 heavy (non-hydrogen) atoms. The van der Waals surface area contributed by atoms with Crippen LogP contribution >= 0.6 is 0 Å². The van der Waals surface area contributed by atoms with Gasteiger partial charge >= 0.3 is 0 Å². The molecule has 0 bridgehead atoms. The Hall–Kier alpha value is -1.91. The SMILES string of the molecule is Nc1cncc(-c2n[nH]c(C3CC3)n2)c1. The Labute approximate surface area is 86.8 Å². The van der Waals surface area contributed by atoms with E-state index in [2.05, 4.69) is 20.2 Å². The summed E-state index contributed by atoms with van der Waals surface area (Å²) in [7, 11) is 0. The predicted molar refractivity (Wildman–Crippen MR) is 56.0 cm³/mol. The molecular weight excluding hydrogens is 190 g/mol. The van der Waals surface area contributed by atoms with Gasteiger partial charge in [0.1, 0.15) is 5.82 Å². The molecule has 0 saturated heterocycles. The zero-order valence-electron chi connectivity index (χ0n) is 8.14. The highest BCUT2D eigenvalue weighted by Crippen LogP contribution is 2.38. The number of anilines is 1. The molecule has 3 rings (SSSR count). The van der Waals surface area contributed by atoms with Gasteiger partial charge in [0.15, 0.2) is 5.82 Å². The molecular formula is C10H11N5. The van der Waals surface area contributed by atoms with Gasteiger partial charge in [-0.25, -0.2) is 4.98 Å². The van der Waals surface area contributed by atoms with Crippen molar-refractivity contribution < 1.29 is 0 Å². The Morgan fingerprint density at radius 3 is 2.93 bits per heavy atom. The largest absolute Gasteiger partial charge is 0.397 e. The van der Waals surface area contributed by atoms with Crippen molar-refractivity contribution in [2.45, 2.75) is 18.8 Å². The molecule has 1 saturated carbocycles. The quantitative estimate of drug-likeness (QED) is 0.768. The number of aromatic amines is 1. The summed E-state index contributed by atoms with van der Waals surface area (Å²) in [6.07, 6.45) is 5.75. The standard InChI is InChI=1S/C10H11N5/c11-8-3-7(4-12-5-8)10-13-9(14-15-10)6-1-2-6/h3-6H,1-2,11H2,(H,13,14,15). The number of rotatable bonds is 2. The number of nitrogen functional groups attached to an aromatic ring is 1. The van der Waals surface area contributed by atoms with Gasteiger partial charge in [-0.1, -0.05) is 0 Å². The fraction of sp³-hybridized carbons (Fsp3) is 0.300. The summed E-state index contributed by atoms with van der Waals surface area (Å²) in [6.45, 7) is 0. The minimum absolute atomic E-state index is 0.584. The summed E-state index contributed by atoms with van der Waals surface area (Å²) >= 11 is 0. The maximum atomic E-state index is 5.65. The lowest BCUT2D eigenvalue weighted by atomic mass is 10.2. The van der Waals surface area contributed by atoms with Gasteiger partial charge in [-0.3, -0.25) is 10.1 Å². The number of hydrogen-bond donors (Lipinski definition) is 2. The van der Waals surface area contributed by atoms with Gasteiger partial charge in [-0.05, 0) is 18.9 Å². The van der Waals surface area contributed by atoms with E-state index in [0.717, 1.165) is 11.4 Å². The van der Waals surface area contributed by atoms with Gasteiger partial charge < -0.3 is 5.73 Å². The van der Waals surface area contributed by atoms with Crippen molar-refractivity contribution in [3.8, 4) is 11.4 Å². The average molecular weight is 201 g/mol. The van der Waals surface area contributed by atoms with E-state index in [-0.39, 0.29) is 0 Å². The van der Waals surface area contributed by atoms with Crippen LogP contribution in [0.1, 0.15) is 24.6 Å². The summed E-state index contributed by atoms with van der Waals surface area (Å²) in [5.74, 6) is 2.24. The molecule has 1 fully saturated rings. The molecule has 0 radical (unpaired) electrons. The van der Waals surface area contributed by atoms with E-state index in [9.17, 15) is 0 Å². The maximum absolute atomic E-state index is 5.65. The number of pyridine rings is 1. The Bertz CT molecular complexity index is 486. The number of H-pyrrole nitrogens is 1. The molecule has 2 aromatic rings. The summed E-state index contributed by atoms with van der Waals surface area (Å²) < 4.78 is 0. The first-order valence-electron chi connectivity index (χ1n) is 4.96. The molecule has 0 amide bonds. The van der Waals surface area contributed by atoms with Crippen LogP contribution in [0.25, 0.3) is 11.4 Å². The van der Waals surface area contributed by atoms with Crippen LogP contribution in [0.3, 0.4) is 0 Å². The van der Waals surface area contributed by atoms with Gasteiger partial charge in [-0.2, -0.15) is 5.10 Å². The molecule has 0 unspecified atom stereocenters. The molecule has 0 aromatic carbocycles. The van der Waals surface area contributed by atoms with Crippen molar-refractivity contribution >= 4 is 5.69 Å². The third-order valence-electron chi connectivity index (χ3n) is 2.48. The van der Waals surface area contributed by atoms with Crippen LogP contribution < -0.4 is 5.73 Å². The fourth-order valence-electron chi connectivity index (χ4n) is 1.52. The second kappa shape index (κ2) is 3.05. The number of nitrogens with two attached hydrogens (primary N) is 1. The lowest BCUT2D eigenvalue weighted by molar-refractivity contribution is 0.935. The van der Waals surface area contributed by atoms with Crippen LogP contribution in [0, 0.1) is 0 Å². The van der Waals surface area contributed by atoms with Crippen molar-refractivity contribution in [3.63, 3.8) is 0 Å². The van der Waals surface area contributed by atoms with E-state index in [1.54, 1.807) is 12.4 Å². The van der Waals surface area contributed by atoms with Crippen LogP contribution in [0.4, 0.5) is 5.69 Å². The van der Waals surface area contributed by atoms with Crippen molar-refractivity contribution in [2.24, 2.45) is 0 Å². The van der Waals surface area contributed by atoms with E-state index in [1.807, 2.05) is 6.07 Å². The first-order chi connectivity index (χ1) is 7.33. The Kier molecular flexibility index (Phi) is 1.71. The molecule has 5 nitrogen and oxygen atoms in total. The predicted octanol–water partition coefficient (Wildman–Crippen LogP) is 1.33. The summed E-state index contributed by atoms with van der Waals surface area (Å²) in [5.41, 5.74) is 7.14. The van der Waals surface area contributed by atoms with Gasteiger partial charge in [0.2, 0.25) is 0 Å². The molecule has 5 heteroatoms. The molecule has 3 N–H and O–H groups in total. The molecule has 0 spiro atoms. The van der Waals surface area contributed by atoms with E-state index < -0.39 is 0 Å². The minimum atomic E-state index is 0.584. The Balaban J connectivity index is 1.97. The minimum Gasteiger partial charge on any atom is -0.397 e. The van der Waals surface area contributed by atoms with E-state index >= 15 is 0 Å². The monoisotopic (exact) mass is 201 g/mol. The molecule has 0 atom stereocenters. The maximum Gasteiger partial charge on any atom is 0.182 e. The summed E-state index contributed by atoms with van der Waals surface area (Å²) in [5, 5.41) is 7.11. The van der Waals surface area contributed by atoms with Crippen LogP contribution in [0.15, 0.2) is 18.5 Å². The lowest BCUT2D eigenvalue weighted by Gasteiger charge is -1.95. The molecule has 0 aliphatic heterocycles. The smallest absolute Gasteiger partial charge is 0.182 e. The highest BCUT2D eigenvalue weighted by Gasteiger charge is 2.27. The van der Waals surface area contributed by atoms with Crippen LogP contribution in [-0.2, 0) is 0 Å². The topological polar surface area (TPSA) is 80.5 Å². The number of nitrogens with zero attached hydrogens (tertiary/aromatic N) is 3. The first-order valence-corrected chi connectivity index (χ1v) is 4.96. The van der Waals surface area contributed by atoms with Crippen molar-refractivity contribution in [1.82, 2.24) is 20.2 Å². The zero-order chi connectivity index (χ0) is 10.3. The Morgan fingerprint density at radius 2 is 2.20 bits per heavy atom. The normalized spacial score (nSPS) is 15.5. The van der Waals surface area contributed by atoms with Gasteiger partial charge in [0.05, 0.1) is 5.69 Å². The average Bonchev–Trinajstić information content (AvgIpc) is 2.97. The summed E-state index contributed by atoms with van der Waals surface area (Å²) in [4.78, 5) is 8.43. The summed E-state index contributed by atoms with van der Waals surface area (Å²) in [6, 6.07) is 1.83. The van der Waals surface area contributed by atoms with E-state index in [1.165, 1.54) is 12.8 Å². The zero-order valence-corrected chi connectivity index (χ0v) is 8.14. The number of aromatic nitrogens is 4. The van der Waals surface area contributed by atoms with Gasteiger partial charge in [0.25, 0.3) is 0 Å². The van der Waals surface area contributed by atoms with Gasteiger partial charge in [0, 0.05) is 23.9 Å². The molecule has 76 valence electrons. The third kappa shape index (κ3) is 1.56.